The lowest BCUT2D eigenvalue weighted by Crippen LogP contribution is -2.27. The third-order valence-corrected chi connectivity index (χ3v) is 1.93. The number of nitrogens with zero attached hydrogens (tertiary/aromatic N) is 1. The van der Waals surface area contributed by atoms with Gasteiger partial charge in [0.15, 0.2) is 6.04 Å². The molecular weight excluding hydrogens is 202 g/mol. The second-order valence-corrected chi connectivity index (χ2v) is 4.53. The molecule has 3 nitrogen and oxygen atoms in total. The number of benzene rings is 1. The Morgan fingerprint density at radius 1 is 1.31 bits per heavy atom. The normalized spacial score (nSPS) is 12.9. The number of rotatable bonds is 3. The molecule has 0 aliphatic rings. The summed E-state index contributed by atoms with van der Waals surface area (Å²) < 4.78 is 5.27. The van der Waals surface area contributed by atoms with Crippen LogP contribution >= 0.6 is 0 Å². The number of hydrogen-bond donors (Lipinski definition) is 0. The van der Waals surface area contributed by atoms with E-state index >= 15 is 0 Å². The summed E-state index contributed by atoms with van der Waals surface area (Å²) >= 11 is 0. The molecule has 0 heterocycles. The lowest BCUT2D eigenvalue weighted by atomic mass is 10.1. The highest BCUT2D eigenvalue weighted by Crippen LogP contribution is 2.21. The minimum atomic E-state index is -0.638. The largest absolute Gasteiger partial charge is 0.458 e. The standard InChI is InChI=1S/C13H17NO2/c1-13(2,3)16-12(15)11(14-4)10-8-6-5-7-9-10/h5-9,11H,4H2,1-3H3. The molecule has 0 bridgehead atoms. The van der Waals surface area contributed by atoms with Crippen molar-refractivity contribution in [2.45, 2.75) is 32.4 Å². The smallest absolute Gasteiger partial charge is 0.335 e. The van der Waals surface area contributed by atoms with Gasteiger partial charge in [-0.1, -0.05) is 30.3 Å². The number of esters is 1. The molecule has 1 atom stereocenters. The molecule has 0 amide bonds. The monoisotopic (exact) mass is 219 g/mol. The Bertz CT molecular complexity index is 365. The van der Waals surface area contributed by atoms with Gasteiger partial charge in [0.25, 0.3) is 0 Å². The third kappa shape index (κ3) is 3.50. The zero-order valence-electron chi connectivity index (χ0n) is 9.93. The highest BCUT2D eigenvalue weighted by molar-refractivity contribution is 5.78. The van der Waals surface area contributed by atoms with Gasteiger partial charge in [0.05, 0.1) is 0 Å². The molecule has 0 spiro atoms. The van der Waals surface area contributed by atoms with Gasteiger partial charge in [-0.15, -0.1) is 0 Å². The van der Waals surface area contributed by atoms with Crippen LogP contribution in [0.4, 0.5) is 0 Å². The fourth-order valence-electron chi connectivity index (χ4n) is 1.31. The van der Waals surface area contributed by atoms with Crippen molar-refractivity contribution in [2.75, 3.05) is 0 Å². The molecule has 0 aliphatic carbocycles. The van der Waals surface area contributed by atoms with Gasteiger partial charge in [-0.05, 0) is 33.1 Å². The first-order valence-electron chi connectivity index (χ1n) is 5.17. The minimum absolute atomic E-state index is 0.367. The molecule has 0 saturated heterocycles. The van der Waals surface area contributed by atoms with Crippen molar-refractivity contribution in [3.63, 3.8) is 0 Å². The zero-order valence-corrected chi connectivity index (χ0v) is 9.93. The SMILES string of the molecule is C=NC(C(=O)OC(C)(C)C)c1ccccc1. The van der Waals surface area contributed by atoms with Crippen molar-refractivity contribution in [1.82, 2.24) is 0 Å². The van der Waals surface area contributed by atoms with Crippen LogP contribution in [0.3, 0.4) is 0 Å². The van der Waals surface area contributed by atoms with Crippen molar-refractivity contribution in [2.24, 2.45) is 4.99 Å². The molecule has 3 heteroatoms. The Balaban J connectivity index is 2.84. The number of aliphatic imine (C=N–C) groups is 1. The molecule has 0 saturated carbocycles. The molecule has 1 aromatic carbocycles. The first-order valence-corrected chi connectivity index (χ1v) is 5.17. The predicted molar refractivity (Wildman–Crippen MR) is 64.6 cm³/mol. The van der Waals surface area contributed by atoms with E-state index in [2.05, 4.69) is 11.7 Å². The van der Waals surface area contributed by atoms with E-state index in [0.29, 0.717) is 0 Å². The lowest BCUT2D eigenvalue weighted by Gasteiger charge is -2.22. The molecule has 0 aromatic heterocycles. The first-order chi connectivity index (χ1) is 7.44. The van der Waals surface area contributed by atoms with E-state index in [0.717, 1.165) is 5.56 Å². The molecular formula is C13H17NO2. The number of carbonyl (C=O) groups is 1. The molecule has 0 radical (unpaired) electrons. The van der Waals surface area contributed by atoms with Gasteiger partial charge in [-0.2, -0.15) is 0 Å². The van der Waals surface area contributed by atoms with Gasteiger partial charge in [-0.3, -0.25) is 4.99 Å². The van der Waals surface area contributed by atoms with Gasteiger partial charge in [0, 0.05) is 0 Å². The Hall–Kier alpha value is -1.64. The molecule has 1 unspecified atom stereocenters. The van der Waals surface area contributed by atoms with Gasteiger partial charge < -0.3 is 4.74 Å². The number of carbonyl (C=O) groups excluding carboxylic acids is 1. The summed E-state index contributed by atoms with van der Waals surface area (Å²) in [5.74, 6) is -0.367. The third-order valence-electron chi connectivity index (χ3n) is 1.93. The maximum absolute atomic E-state index is 11.8. The summed E-state index contributed by atoms with van der Waals surface area (Å²) in [4.78, 5) is 15.7. The second-order valence-electron chi connectivity index (χ2n) is 4.53. The Labute approximate surface area is 96.2 Å². The molecule has 1 rings (SSSR count). The first kappa shape index (κ1) is 12.4. The van der Waals surface area contributed by atoms with E-state index in [9.17, 15) is 4.79 Å². The molecule has 0 aliphatic heterocycles. The predicted octanol–water partition coefficient (Wildman–Crippen LogP) is 2.77. The van der Waals surface area contributed by atoms with Crippen molar-refractivity contribution < 1.29 is 9.53 Å². The summed E-state index contributed by atoms with van der Waals surface area (Å²) in [6.45, 7) is 8.93. The summed E-state index contributed by atoms with van der Waals surface area (Å²) in [5, 5.41) is 0. The molecule has 1 aromatic rings. The van der Waals surface area contributed by atoms with E-state index < -0.39 is 11.6 Å². The van der Waals surface area contributed by atoms with Crippen molar-refractivity contribution in [1.29, 1.82) is 0 Å². The fourth-order valence-corrected chi connectivity index (χ4v) is 1.31. The maximum atomic E-state index is 11.8. The van der Waals surface area contributed by atoms with E-state index in [1.807, 2.05) is 51.1 Å². The van der Waals surface area contributed by atoms with Crippen LogP contribution in [0.5, 0.6) is 0 Å². The second kappa shape index (κ2) is 4.92. The Morgan fingerprint density at radius 3 is 2.31 bits per heavy atom. The summed E-state index contributed by atoms with van der Waals surface area (Å²) in [6, 6.07) is 8.64. The van der Waals surface area contributed by atoms with Crippen LogP contribution in [-0.4, -0.2) is 18.3 Å². The van der Waals surface area contributed by atoms with Crippen LogP contribution < -0.4 is 0 Å². The van der Waals surface area contributed by atoms with E-state index in [1.165, 1.54) is 0 Å². The quantitative estimate of drug-likeness (QED) is 0.579. The van der Waals surface area contributed by atoms with E-state index in [1.54, 1.807) is 0 Å². The fraction of sp³-hybridized carbons (Fsp3) is 0.385. The molecule has 86 valence electrons. The van der Waals surface area contributed by atoms with Crippen molar-refractivity contribution >= 4 is 12.7 Å². The van der Waals surface area contributed by atoms with Crippen LogP contribution in [0.2, 0.25) is 0 Å². The summed E-state index contributed by atoms with van der Waals surface area (Å²) in [7, 11) is 0. The van der Waals surface area contributed by atoms with Gasteiger partial charge in [0.1, 0.15) is 5.60 Å². The van der Waals surface area contributed by atoms with Gasteiger partial charge in [0.2, 0.25) is 0 Å². The van der Waals surface area contributed by atoms with E-state index in [4.69, 9.17) is 4.74 Å². The number of hydrogen-bond acceptors (Lipinski definition) is 3. The topological polar surface area (TPSA) is 38.7 Å². The van der Waals surface area contributed by atoms with Crippen molar-refractivity contribution in [3.8, 4) is 0 Å². The highest BCUT2D eigenvalue weighted by Gasteiger charge is 2.25. The molecule has 0 fully saturated rings. The summed E-state index contributed by atoms with van der Waals surface area (Å²) in [5.41, 5.74) is 0.293. The Morgan fingerprint density at radius 2 is 1.88 bits per heavy atom. The van der Waals surface area contributed by atoms with Gasteiger partial charge >= 0.3 is 5.97 Å². The average molecular weight is 219 g/mol. The van der Waals surface area contributed by atoms with Crippen molar-refractivity contribution in [3.05, 3.63) is 35.9 Å². The average Bonchev–Trinajstić information content (AvgIpc) is 2.17. The zero-order chi connectivity index (χ0) is 12.2. The minimum Gasteiger partial charge on any atom is -0.458 e. The van der Waals surface area contributed by atoms with Crippen LogP contribution in [0.1, 0.15) is 32.4 Å². The van der Waals surface area contributed by atoms with Crippen LogP contribution in [-0.2, 0) is 9.53 Å². The molecule has 16 heavy (non-hydrogen) atoms. The van der Waals surface area contributed by atoms with Crippen LogP contribution in [0.25, 0.3) is 0 Å². The van der Waals surface area contributed by atoms with Crippen LogP contribution in [0, 0.1) is 0 Å². The number of ether oxygens (including phenoxy) is 1. The van der Waals surface area contributed by atoms with Crippen LogP contribution in [0.15, 0.2) is 35.3 Å². The van der Waals surface area contributed by atoms with Gasteiger partial charge in [-0.25, -0.2) is 4.79 Å². The Kier molecular flexibility index (Phi) is 3.82. The van der Waals surface area contributed by atoms with E-state index in [-0.39, 0.29) is 5.97 Å². The lowest BCUT2D eigenvalue weighted by molar-refractivity contribution is -0.156. The summed E-state index contributed by atoms with van der Waals surface area (Å²) in [6.07, 6.45) is 0. The maximum Gasteiger partial charge on any atom is 0.335 e. The highest BCUT2D eigenvalue weighted by atomic mass is 16.6. The molecule has 0 N–H and O–H groups in total.